The first-order valence-electron chi connectivity index (χ1n) is 11.4. The number of para-hydroxylation sites is 1. The van der Waals surface area contributed by atoms with E-state index in [9.17, 15) is 4.79 Å². The van der Waals surface area contributed by atoms with Crippen molar-refractivity contribution in [1.29, 1.82) is 0 Å². The SMILES string of the molecule is COC(=O)C1CCCN1CCOc1ccc(N(c2cnc3c(N)cccc3n2)c2ncn[nH]2)cc1. The molecule has 0 saturated carbocycles. The second kappa shape index (κ2) is 9.94. The minimum Gasteiger partial charge on any atom is -0.492 e. The number of aromatic amines is 1. The van der Waals surface area contributed by atoms with Gasteiger partial charge in [0.25, 0.3) is 0 Å². The Morgan fingerprint density at radius 1 is 1.23 bits per heavy atom. The Morgan fingerprint density at radius 3 is 2.86 bits per heavy atom. The van der Waals surface area contributed by atoms with E-state index in [0.29, 0.717) is 41.6 Å². The quantitative estimate of drug-likeness (QED) is 0.290. The molecule has 11 nitrogen and oxygen atoms in total. The third-order valence-electron chi connectivity index (χ3n) is 6.01. The van der Waals surface area contributed by atoms with Gasteiger partial charge in [-0.05, 0) is 55.8 Å². The summed E-state index contributed by atoms with van der Waals surface area (Å²) in [4.78, 5) is 29.4. The molecule has 0 bridgehead atoms. The zero-order valence-corrected chi connectivity index (χ0v) is 19.3. The molecule has 180 valence electrons. The lowest BCUT2D eigenvalue weighted by Gasteiger charge is -2.22. The molecule has 35 heavy (non-hydrogen) atoms. The second-order valence-corrected chi connectivity index (χ2v) is 8.15. The van der Waals surface area contributed by atoms with Crippen LogP contribution >= 0.6 is 0 Å². The molecule has 0 aliphatic carbocycles. The van der Waals surface area contributed by atoms with Crippen molar-refractivity contribution in [3.63, 3.8) is 0 Å². The molecule has 3 heterocycles. The molecule has 0 radical (unpaired) electrons. The molecule has 0 amide bonds. The predicted molar refractivity (Wildman–Crippen MR) is 131 cm³/mol. The van der Waals surface area contributed by atoms with Crippen LogP contribution in [0.15, 0.2) is 55.0 Å². The highest BCUT2D eigenvalue weighted by molar-refractivity contribution is 5.87. The Labute approximate surface area is 201 Å². The predicted octanol–water partition coefficient (Wildman–Crippen LogP) is 2.82. The van der Waals surface area contributed by atoms with Crippen molar-refractivity contribution in [3.8, 4) is 5.75 Å². The first-order valence-corrected chi connectivity index (χ1v) is 11.4. The largest absolute Gasteiger partial charge is 0.492 e. The Hall–Kier alpha value is -4.25. The Morgan fingerprint density at radius 2 is 2.09 bits per heavy atom. The molecule has 1 unspecified atom stereocenters. The number of carbonyl (C=O) groups excluding carboxylic acids is 1. The fourth-order valence-electron chi connectivity index (χ4n) is 4.30. The van der Waals surface area contributed by atoms with Gasteiger partial charge in [0.2, 0.25) is 5.95 Å². The summed E-state index contributed by atoms with van der Waals surface area (Å²) in [6.45, 7) is 1.99. The van der Waals surface area contributed by atoms with E-state index in [1.165, 1.54) is 13.4 Å². The number of esters is 1. The number of likely N-dealkylation sites (tertiary alicyclic amines) is 1. The highest BCUT2D eigenvalue weighted by atomic mass is 16.5. The maximum atomic E-state index is 11.9. The van der Waals surface area contributed by atoms with E-state index < -0.39 is 0 Å². The van der Waals surface area contributed by atoms with Crippen LogP contribution < -0.4 is 15.4 Å². The van der Waals surface area contributed by atoms with Crippen molar-refractivity contribution >= 4 is 40.1 Å². The lowest BCUT2D eigenvalue weighted by molar-refractivity contribution is -0.145. The molecule has 5 rings (SSSR count). The first-order chi connectivity index (χ1) is 17.1. The number of methoxy groups -OCH3 is 1. The maximum absolute atomic E-state index is 11.9. The monoisotopic (exact) mass is 474 g/mol. The zero-order valence-electron chi connectivity index (χ0n) is 19.3. The van der Waals surface area contributed by atoms with Crippen LogP contribution in [0.5, 0.6) is 5.75 Å². The van der Waals surface area contributed by atoms with E-state index in [0.717, 1.165) is 30.8 Å². The molecule has 11 heteroatoms. The summed E-state index contributed by atoms with van der Waals surface area (Å²) < 4.78 is 10.8. The molecule has 1 aliphatic heterocycles. The number of rotatable bonds is 8. The molecule has 3 N–H and O–H groups in total. The Balaban J connectivity index is 1.32. The lowest BCUT2D eigenvalue weighted by atomic mass is 10.2. The summed E-state index contributed by atoms with van der Waals surface area (Å²) in [6, 6.07) is 12.9. The number of hydrogen-bond acceptors (Lipinski definition) is 10. The highest BCUT2D eigenvalue weighted by Gasteiger charge is 2.31. The summed E-state index contributed by atoms with van der Waals surface area (Å²) >= 11 is 0. The van der Waals surface area contributed by atoms with Crippen LogP contribution in [-0.2, 0) is 9.53 Å². The van der Waals surface area contributed by atoms with Crippen molar-refractivity contribution < 1.29 is 14.3 Å². The van der Waals surface area contributed by atoms with Crippen molar-refractivity contribution in [2.75, 3.05) is 37.4 Å². The number of anilines is 4. The van der Waals surface area contributed by atoms with Gasteiger partial charge in [-0.3, -0.25) is 14.6 Å². The third kappa shape index (κ3) is 4.71. The number of fused-ring (bicyclic) bond motifs is 1. The van der Waals surface area contributed by atoms with Crippen molar-refractivity contribution in [3.05, 3.63) is 55.0 Å². The molecule has 1 aliphatic rings. The minimum absolute atomic E-state index is 0.181. The van der Waals surface area contributed by atoms with Crippen LogP contribution in [0.25, 0.3) is 11.0 Å². The zero-order chi connectivity index (χ0) is 24.2. The van der Waals surface area contributed by atoms with Crippen LogP contribution in [0.3, 0.4) is 0 Å². The number of carbonyl (C=O) groups is 1. The van der Waals surface area contributed by atoms with Gasteiger partial charge in [-0.1, -0.05) is 6.07 Å². The molecule has 1 saturated heterocycles. The van der Waals surface area contributed by atoms with Gasteiger partial charge in [-0.2, -0.15) is 10.1 Å². The number of ether oxygens (including phenoxy) is 2. The van der Waals surface area contributed by atoms with Crippen molar-refractivity contribution in [2.24, 2.45) is 0 Å². The second-order valence-electron chi connectivity index (χ2n) is 8.15. The Kier molecular flexibility index (Phi) is 6.40. The number of hydrogen-bond donors (Lipinski definition) is 2. The molecular formula is C24H26N8O3. The number of H-pyrrole nitrogens is 1. The molecule has 1 atom stereocenters. The molecule has 2 aromatic carbocycles. The molecule has 2 aromatic heterocycles. The maximum Gasteiger partial charge on any atom is 0.323 e. The van der Waals surface area contributed by atoms with Gasteiger partial charge >= 0.3 is 5.97 Å². The van der Waals surface area contributed by atoms with Crippen LogP contribution in [0, 0.1) is 0 Å². The van der Waals surface area contributed by atoms with Gasteiger partial charge in [0.05, 0.1) is 30.2 Å². The van der Waals surface area contributed by atoms with E-state index in [1.54, 1.807) is 12.3 Å². The van der Waals surface area contributed by atoms with E-state index in [1.807, 2.05) is 41.3 Å². The fourth-order valence-corrected chi connectivity index (χ4v) is 4.30. The summed E-state index contributed by atoms with van der Waals surface area (Å²) in [6.07, 6.45) is 4.89. The first kappa shape index (κ1) is 22.5. The summed E-state index contributed by atoms with van der Waals surface area (Å²) in [7, 11) is 1.43. The fraction of sp³-hybridized carbons (Fsp3) is 0.292. The van der Waals surface area contributed by atoms with Gasteiger partial charge in [-0.15, -0.1) is 0 Å². The normalized spacial score (nSPS) is 15.9. The van der Waals surface area contributed by atoms with Gasteiger partial charge in [0.1, 0.15) is 30.2 Å². The van der Waals surface area contributed by atoms with Gasteiger partial charge in [0, 0.05) is 6.54 Å². The molecular weight excluding hydrogens is 448 g/mol. The summed E-state index contributed by atoms with van der Waals surface area (Å²) in [5.41, 5.74) is 8.73. The lowest BCUT2D eigenvalue weighted by Crippen LogP contribution is -2.39. The number of nitrogen functional groups attached to an aromatic ring is 1. The number of aromatic nitrogens is 5. The third-order valence-corrected chi connectivity index (χ3v) is 6.01. The van der Waals surface area contributed by atoms with Crippen LogP contribution in [0.4, 0.5) is 23.1 Å². The van der Waals surface area contributed by atoms with E-state index in [2.05, 4.69) is 25.1 Å². The van der Waals surface area contributed by atoms with Gasteiger partial charge in [-0.25, -0.2) is 15.1 Å². The van der Waals surface area contributed by atoms with E-state index >= 15 is 0 Å². The van der Waals surface area contributed by atoms with Gasteiger partial charge < -0.3 is 15.2 Å². The molecule has 1 fully saturated rings. The van der Waals surface area contributed by atoms with Crippen LogP contribution in [-0.4, -0.2) is 68.9 Å². The smallest absolute Gasteiger partial charge is 0.323 e. The van der Waals surface area contributed by atoms with Crippen LogP contribution in [0.1, 0.15) is 12.8 Å². The standard InChI is InChI=1S/C24H26N8O3/c1-34-23(33)20-6-3-11-31(20)12-13-35-17-9-7-16(8-10-17)32(24-27-15-28-30-24)21-14-26-22-18(25)4-2-5-19(22)29-21/h2,4-5,7-10,14-15,20H,3,6,11-13,25H2,1H3,(H,27,28,30). The minimum atomic E-state index is -0.182. The Bertz CT molecular complexity index is 1300. The van der Waals surface area contributed by atoms with E-state index in [4.69, 9.17) is 20.2 Å². The van der Waals surface area contributed by atoms with Gasteiger partial charge in [0.15, 0.2) is 5.82 Å². The van der Waals surface area contributed by atoms with E-state index in [-0.39, 0.29) is 12.0 Å². The number of benzene rings is 2. The van der Waals surface area contributed by atoms with Crippen LogP contribution in [0.2, 0.25) is 0 Å². The number of nitrogens with zero attached hydrogens (tertiary/aromatic N) is 6. The molecule has 0 spiro atoms. The van der Waals surface area contributed by atoms with Crippen molar-refractivity contribution in [2.45, 2.75) is 18.9 Å². The summed E-state index contributed by atoms with van der Waals surface area (Å²) in [5, 5.41) is 6.87. The number of nitrogens with two attached hydrogens (primary N) is 1. The highest BCUT2D eigenvalue weighted by Crippen LogP contribution is 2.32. The number of nitrogens with one attached hydrogen (secondary N) is 1. The molecule has 4 aromatic rings. The average Bonchev–Trinajstić information content (AvgIpc) is 3.58. The average molecular weight is 475 g/mol. The topological polar surface area (TPSA) is 135 Å². The van der Waals surface area contributed by atoms with Crippen molar-refractivity contribution in [1.82, 2.24) is 30.0 Å². The summed E-state index contributed by atoms with van der Waals surface area (Å²) in [5.74, 6) is 1.60.